The summed E-state index contributed by atoms with van der Waals surface area (Å²) in [6.45, 7) is 2.89. The van der Waals surface area contributed by atoms with Gasteiger partial charge in [-0.25, -0.2) is 4.68 Å². The van der Waals surface area contributed by atoms with Crippen molar-refractivity contribution in [1.29, 1.82) is 0 Å². The zero-order valence-corrected chi connectivity index (χ0v) is 16.4. The number of ether oxygens (including phenoxy) is 1. The van der Waals surface area contributed by atoms with Gasteiger partial charge in [-0.15, -0.1) is 10.2 Å². The summed E-state index contributed by atoms with van der Waals surface area (Å²) in [7, 11) is 0. The fourth-order valence-electron chi connectivity index (χ4n) is 2.69. The van der Waals surface area contributed by atoms with Crippen LogP contribution in [-0.4, -0.2) is 21.5 Å². The number of fused-ring (bicyclic) bond motifs is 1. The van der Waals surface area contributed by atoms with Gasteiger partial charge in [-0.1, -0.05) is 48.8 Å². The molecule has 7 heteroatoms. The van der Waals surface area contributed by atoms with Gasteiger partial charge in [0.25, 0.3) is 0 Å². The van der Waals surface area contributed by atoms with Crippen LogP contribution in [0.5, 0.6) is 5.75 Å². The quantitative estimate of drug-likeness (QED) is 0.561. The molecule has 0 bridgehead atoms. The van der Waals surface area contributed by atoms with E-state index in [0.29, 0.717) is 0 Å². The standard InChI is InChI=1S/C20H19ClN4OS/c1-2-3-12-26-17-10-6-15(7-11-17)19-22-23-20-25(19)24-18(13-27-20)14-4-8-16(21)9-5-14/h4-11,13,24H,2-3,12H2,1H3. The number of hydrogen-bond acceptors (Lipinski definition) is 5. The number of nitrogens with zero attached hydrogens (tertiary/aromatic N) is 3. The highest BCUT2D eigenvalue weighted by Gasteiger charge is 2.19. The lowest BCUT2D eigenvalue weighted by molar-refractivity contribution is 0.309. The van der Waals surface area contributed by atoms with Gasteiger partial charge >= 0.3 is 0 Å². The maximum Gasteiger partial charge on any atom is 0.214 e. The molecule has 0 aliphatic carbocycles. The summed E-state index contributed by atoms with van der Waals surface area (Å²) in [5.74, 6) is 1.63. The van der Waals surface area contributed by atoms with Gasteiger partial charge in [0, 0.05) is 21.6 Å². The van der Waals surface area contributed by atoms with Crippen molar-refractivity contribution < 1.29 is 4.74 Å². The van der Waals surface area contributed by atoms with E-state index in [1.54, 1.807) is 0 Å². The molecule has 1 N–H and O–H groups in total. The maximum atomic E-state index is 5.99. The van der Waals surface area contributed by atoms with E-state index in [9.17, 15) is 0 Å². The molecule has 1 aliphatic rings. The van der Waals surface area contributed by atoms with Gasteiger partial charge in [0.1, 0.15) is 5.75 Å². The molecular weight excluding hydrogens is 380 g/mol. The van der Waals surface area contributed by atoms with Crippen LogP contribution in [0.1, 0.15) is 25.3 Å². The number of halogens is 1. The average Bonchev–Trinajstić information content (AvgIpc) is 3.12. The van der Waals surface area contributed by atoms with Crippen molar-refractivity contribution in [3.8, 4) is 17.1 Å². The second-order valence-electron chi connectivity index (χ2n) is 6.14. The first-order chi connectivity index (χ1) is 13.2. The Balaban J connectivity index is 1.54. The van der Waals surface area contributed by atoms with E-state index in [4.69, 9.17) is 16.3 Å². The predicted molar refractivity (Wildman–Crippen MR) is 111 cm³/mol. The Hall–Kier alpha value is -2.44. The van der Waals surface area contributed by atoms with Crippen LogP contribution in [0.25, 0.3) is 17.1 Å². The lowest BCUT2D eigenvalue weighted by Gasteiger charge is -2.19. The van der Waals surface area contributed by atoms with Gasteiger partial charge in [0.15, 0.2) is 5.82 Å². The molecule has 27 heavy (non-hydrogen) atoms. The second-order valence-corrected chi connectivity index (χ2v) is 7.41. The fourth-order valence-corrected chi connectivity index (χ4v) is 3.55. The molecule has 4 rings (SSSR count). The van der Waals surface area contributed by atoms with Crippen LogP contribution in [0.3, 0.4) is 0 Å². The third kappa shape index (κ3) is 3.96. The van der Waals surface area contributed by atoms with E-state index >= 15 is 0 Å². The van der Waals surface area contributed by atoms with Crippen molar-refractivity contribution >= 4 is 29.1 Å². The average molecular weight is 399 g/mol. The molecule has 0 amide bonds. The Morgan fingerprint density at radius 2 is 1.78 bits per heavy atom. The van der Waals surface area contributed by atoms with Crippen molar-refractivity contribution in [2.45, 2.75) is 24.9 Å². The summed E-state index contributed by atoms with van der Waals surface area (Å²) in [6, 6.07) is 15.7. The second kappa shape index (κ2) is 8.06. The minimum atomic E-state index is 0.717. The maximum absolute atomic E-state index is 5.99. The van der Waals surface area contributed by atoms with Crippen LogP contribution >= 0.6 is 23.4 Å². The van der Waals surface area contributed by atoms with E-state index in [-0.39, 0.29) is 0 Å². The van der Waals surface area contributed by atoms with E-state index in [0.717, 1.165) is 58.0 Å². The molecule has 0 fully saturated rings. The topological polar surface area (TPSA) is 52.0 Å². The van der Waals surface area contributed by atoms with E-state index in [2.05, 4.69) is 22.5 Å². The van der Waals surface area contributed by atoms with Crippen molar-refractivity contribution in [3.05, 3.63) is 64.5 Å². The molecule has 2 heterocycles. The minimum Gasteiger partial charge on any atom is -0.494 e. The number of rotatable bonds is 6. The number of hydrogen-bond donors (Lipinski definition) is 1. The molecule has 0 atom stereocenters. The highest BCUT2D eigenvalue weighted by molar-refractivity contribution is 8.02. The van der Waals surface area contributed by atoms with Gasteiger partial charge in [-0.3, -0.25) is 5.43 Å². The first-order valence-electron chi connectivity index (χ1n) is 8.83. The molecule has 0 saturated heterocycles. The zero-order valence-electron chi connectivity index (χ0n) is 14.9. The number of unbranched alkanes of at least 4 members (excludes halogenated alkanes) is 1. The van der Waals surface area contributed by atoms with Gasteiger partial charge in [0.2, 0.25) is 5.16 Å². The highest BCUT2D eigenvalue weighted by Crippen LogP contribution is 2.32. The molecule has 1 aliphatic heterocycles. The van der Waals surface area contributed by atoms with Crippen LogP contribution < -0.4 is 10.2 Å². The molecular formula is C20H19ClN4OS. The van der Waals surface area contributed by atoms with Crippen LogP contribution in [0.15, 0.2) is 59.1 Å². The van der Waals surface area contributed by atoms with Gasteiger partial charge in [-0.2, -0.15) is 0 Å². The Kier molecular flexibility index (Phi) is 5.36. The summed E-state index contributed by atoms with van der Waals surface area (Å²) in [4.78, 5) is 0. The third-order valence-electron chi connectivity index (χ3n) is 4.18. The molecule has 138 valence electrons. The molecule has 1 aromatic heterocycles. The normalized spacial score (nSPS) is 12.9. The zero-order chi connectivity index (χ0) is 18.6. The largest absolute Gasteiger partial charge is 0.494 e. The van der Waals surface area contributed by atoms with E-state index in [1.807, 2.05) is 58.6 Å². The number of aromatic nitrogens is 3. The molecule has 0 spiro atoms. The first-order valence-corrected chi connectivity index (χ1v) is 10.1. The van der Waals surface area contributed by atoms with Crippen molar-refractivity contribution in [2.75, 3.05) is 12.0 Å². The molecule has 0 unspecified atom stereocenters. The van der Waals surface area contributed by atoms with Crippen molar-refractivity contribution in [1.82, 2.24) is 14.9 Å². The number of thioether (sulfide) groups is 1. The van der Waals surface area contributed by atoms with Crippen LogP contribution in [-0.2, 0) is 0 Å². The summed E-state index contributed by atoms with van der Waals surface area (Å²) >= 11 is 7.53. The minimum absolute atomic E-state index is 0.717. The predicted octanol–water partition coefficient (Wildman–Crippen LogP) is 5.43. The molecule has 0 radical (unpaired) electrons. The van der Waals surface area contributed by atoms with E-state index in [1.165, 1.54) is 11.8 Å². The lowest BCUT2D eigenvalue weighted by atomic mass is 10.2. The lowest BCUT2D eigenvalue weighted by Crippen LogP contribution is -2.18. The van der Waals surface area contributed by atoms with Gasteiger partial charge in [0.05, 0.1) is 12.3 Å². The summed E-state index contributed by atoms with van der Waals surface area (Å²) in [5.41, 5.74) is 6.40. The summed E-state index contributed by atoms with van der Waals surface area (Å²) < 4.78 is 7.64. The first kappa shape index (κ1) is 17.9. The molecule has 2 aromatic carbocycles. The Bertz CT molecular complexity index is 951. The monoisotopic (exact) mass is 398 g/mol. The Morgan fingerprint density at radius 1 is 1.04 bits per heavy atom. The number of nitrogens with one attached hydrogen (secondary N) is 1. The van der Waals surface area contributed by atoms with Crippen LogP contribution in [0.2, 0.25) is 5.02 Å². The highest BCUT2D eigenvalue weighted by atomic mass is 35.5. The van der Waals surface area contributed by atoms with Crippen molar-refractivity contribution in [3.63, 3.8) is 0 Å². The molecule has 3 aromatic rings. The Labute approximate surface area is 167 Å². The summed E-state index contributed by atoms with van der Waals surface area (Å²) in [6.07, 6.45) is 2.18. The SMILES string of the molecule is CCCCOc1ccc(-c2nnc3n2NC(c2ccc(Cl)cc2)=CS3)cc1. The smallest absolute Gasteiger partial charge is 0.214 e. The third-order valence-corrected chi connectivity index (χ3v) is 5.26. The van der Waals surface area contributed by atoms with E-state index < -0.39 is 0 Å². The number of benzene rings is 2. The fraction of sp³-hybridized carbons (Fsp3) is 0.200. The molecule has 5 nitrogen and oxygen atoms in total. The molecule has 0 saturated carbocycles. The summed E-state index contributed by atoms with van der Waals surface area (Å²) in [5, 5.41) is 12.2. The van der Waals surface area contributed by atoms with Crippen LogP contribution in [0, 0.1) is 0 Å². The van der Waals surface area contributed by atoms with Crippen LogP contribution in [0.4, 0.5) is 0 Å². The Morgan fingerprint density at radius 3 is 2.52 bits per heavy atom. The van der Waals surface area contributed by atoms with Gasteiger partial charge < -0.3 is 4.74 Å². The van der Waals surface area contributed by atoms with Crippen molar-refractivity contribution in [2.24, 2.45) is 0 Å². The van der Waals surface area contributed by atoms with Gasteiger partial charge in [-0.05, 0) is 42.8 Å².